The quantitative estimate of drug-likeness (QED) is 0.492. The summed E-state index contributed by atoms with van der Waals surface area (Å²) in [5, 5.41) is 4.00. The van der Waals surface area contributed by atoms with Crippen molar-refractivity contribution in [3.8, 4) is 10.7 Å². The molecule has 3 aromatic rings. The molecule has 0 aliphatic carbocycles. The molecule has 0 radical (unpaired) electrons. The van der Waals surface area contributed by atoms with Gasteiger partial charge in [-0.2, -0.15) is 9.29 Å². The number of carbonyl (C=O) groups is 1. The van der Waals surface area contributed by atoms with Gasteiger partial charge in [-0.05, 0) is 38.0 Å². The minimum absolute atomic E-state index is 0.00973. The van der Waals surface area contributed by atoms with E-state index in [-0.39, 0.29) is 22.6 Å². The first-order valence-electron chi connectivity index (χ1n) is 10.9. The number of piperidine rings is 1. The molecule has 3 aromatic heterocycles. The van der Waals surface area contributed by atoms with Crippen LogP contribution in [0.2, 0.25) is 0 Å². The molecule has 0 unspecified atom stereocenters. The van der Waals surface area contributed by atoms with Gasteiger partial charge in [0.15, 0.2) is 0 Å². The minimum Gasteiger partial charge on any atom is -0.467 e. The number of hydrogen-bond donors (Lipinski definition) is 0. The highest BCUT2D eigenvalue weighted by Crippen LogP contribution is 2.35. The average Bonchev–Trinajstić information content (AvgIpc) is 3.54. The van der Waals surface area contributed by atoms with Gasteiger partial charge in [0.25, 0.3) is 0 Å². The van der Waals surface area contributed by atoms with Crippen LogP contribution in [-0.4, -0.2) is 53.8 Å². The number of carbonyl (C=O) groups excluding carboxylic acids is 1. The first-order valence-corrected chi connectivity index (χ1v) is 13.1. The second-order valence-electron chi connectivity index (χ2n) is 8.59. The zero-order chi connectivity index (χ0) is 23.8. The van der Waals surface area contributed by atoms with E-state index in [2.05, 4.69) is 10.1 Å². The van der Waals surface area contributed by atoms with Crippen molar-refractivity contribution in [3.63, 3.8) is 0 Å². The Morgan fingerprint density at radius 2 is 2.06 bits per heavy atom. The molecule has 33 heavy (non-hydrogen) atoms. The summed E-state index contributed by atoms with van der Waals surface area (Å²) in [6.07, 6.45) is 2.55. The molecule has 0 atom stereocenters. The van der Waals surface area contributed by atoms with Gasteiger partial charge in [0.1, 0.15) is 5.76 Å². The monoisotopic (exact) mass is 492 g/mol. The lowest BCUT2D eigenvalue weighted by Crippen LogP contribution is -2.43. The SMILES string of the molecule is Cc1sc(-c2noc(C(C)C)n2)cc1S(=O)(=O)N1CCC(C(=O)N(C)Cc2ccco2)CC1. The van der Waals surface area contributed by atoms with Crippen LogP contribution in [0.15, 0.2) is 38.3 Å². The van der Waals surface area contributed by atoms with Crippen LogP contribution < -0.4 is 0 Å². The van der Waals surface area contributed by atoms with Gasteiger partial charge in [0.2, 0.25) is 27.6 Å². The number of nitrogens with zero attached hydrogens (tertiary/aromatic N) is 4. The lowest BCUT2D eigenvalue weighted by atomic mass is 9.96. The third-order valence-corrected chi connectivity index (χ3v) is 9.00. The number of aromatic nitrogens is 2. The first-order chi connectivity index (χ1) is 15.7. The second kappa shape index (κ2) is 9.40. The van der Waals surface area contributed by atoms with Gasteiger partial charge < -0.3 is 13.8 Å². The normalized spacial score (nSPS) is 15.9. The highest BCUT2D eigenvalue weighted by molar-refractivity contribution is 7.89. The molecule has 1 aliphatic rings. The van der Waals surface area contributed by atoms with E-state index in [1.165, 1.54) is 15.6 Å². The predicted molar refractivity (Wildman–Crippen MR) is 123 cm³/mol. The number of hydrogen-bond acceptors (Lipinski definition) is 8. The van der Waals surface area contributed by atoms with Gasteiger partial charge in [0, 0.05) is 36.9 Å². The molecular formula is C22H28N4O5S2. The minimum atomic E-state index is -3.68. The summed E-state index contributed by atoms with van der Waals surface area (Å²) in [5.74, 6) is 1.54. The summed E-state index contributed by atoms with van der Waals surface area (Å²) in [6, 6.07) is 5.24. The van der Waals surface area contributed by atoms with Gasteiger partial charge in [-0.3, -0.25) is 4.79 Å². The molecule has 1 aliphatic heterocycles. The number of sulfonamides is 1. The number of rotatable bonds is 7. The van der Waals surface area contributed by atoms with Gasteiger partial charge in [-0.25, -0.2) is 8.42 Å². The zero-order valence-electron chi connectivity index (χ0n) is 19.1. The Kier molecular flexibility index (Phi) is 6.73. The fourth-order valence-electron chi connectivity index (χ4n) is 3.91. The highest BCUT2D eigenvalue weighted by atomic mass is 32.2. The maximum absolute atomic E-state index is 13.3. The van der Waals surface area contributed by atoms with Crippen molar-refractivity contribution >= 4 is 27.3 Å². The Morgan fingerprint density at radius 3 is 2.67 bits per heavy atom. The third kappa shape index (κ3) is 4.90. The Bertz CT molecular complexity index is 1210. The lowest BCUT2D eigenvalue weighted by Gasteiger charge is -2.32. The Morgan fingerprint density at radius 1 is 1.33 bits per heavy atom. The molecule has 0 bridgehead atoms. The molecule has 0 N–H and O–H groups in total. The molecule has 4 heterocycles. The van der Waals surface area contributed by atoms with Crippen LogP contribution in [0.25, 0.3) is 10.7 Å². The van der Waals surface area contributed by atoms with Crippen molar-refractivity contribution in [2.75, 3.05) is 20.1 Å². The van der Waals surface area contributed by atoms with Crippen molar-refractivity contribution in [1.82, 2.24) is 19.3 Å². The lowest BCUT2D eigenvalue weighted by molar-refractivity contribution is -0.136. The van der Waals surface area contributed by atoms with E-state index >= 15 is 0 Å². The van der Waals surface area contributed by atoms with Gasteiger partial charge in [0.05, 0.1) is 22.6 Å². The maximum Gasteiger partial charge on any atom is 0.244 e. The van der Waals surface area contributed by atoms with Crippen LogP contribution in [0.1, 0.15) is 49.1 Å². The molecule has 4 rings (SSSR count). The van der Waals surface area contributed by atoms with Gasteiger partial charge in [-0.1, -0.05) is 19.0 Å². The summed E-state index contributed by atoms with van der Waals surface area (Å²) in [6.45, 7) is 6.70. The Labute approximate surface area is 197 Å². The van der Waals surface area contributed by atoms with Gasteiger partial charge >= 0.3 is 0 Å². The average molecular weight is 493 g/mol. The summed E-state index contributed by atoms with van der Waals surface area (Å²) in [5.41, 5.74) is 0. The number of thiophene rings is 1. The van der Waals surface area contributed by atoms with Crippen LogP contribution in [0.3, 0.4) is 0 Å². The van der Waals surface area contributed by atoms with Crippen molar-refractivity contribution in [2.45, 2.75) is 51.0 Å². The molecular weight excluding hydrogens is 464 g/mol. The summed E-state index contributed by atoms with van der Waals surface area (Å²) in [4.78, 5) is 20.4. The molecule has 1 amide bonds. The fraction of sp³-hybridized carbons (Fsp3) is 0.500. The topological polar surface area (TPSA) is 110 Å². The molecule has 1 fully saturated rings. The number of amides is 1. The fourth-order valence-corrected chi connectivity index (χ4v) is 6.87. The zero-order valence-corrected chi connectivity index (χ0v) is 20.8. The summed E-state index contributed by atoms with van der Waals surface area (Å²) >= 11 is 1.33. The van der Waals surface area contributed by atoms with Crippen molar-refractivity contribution in [3.05, 3.63) is 41.0 Å². The molecule has 178 valence electrons. The third-order valence-electron chi connectivity index (χ3n) is 5.80. The molecule has 1 saturated heterocycles. The molecule has 0 aromatic carbocycles. The Balaban J connectivity index is 1.42. The van der Waals surface area contributed by atoms with Crippen LogP contribution in [-0.2, 0) is 21.4 Å². The Hall–Kier alpha value is -2.50. The first kappa shape index (κ1) is 23.7. The van der Waals surface area contributed by atoms with E-state index in [0.717, 1.165) is 5.76 Å². The molecule has 0 spiro atoms. The van der Waals surface area contributed by atoms with Crippen molar-refractivity contribution < 1.29 is 22.2 Å². The number of aryl methyl sites for hydroxylation is 1. The van der Waals surface area contributed by atoms with Crippen LogP contribution >= 0.6 is 11.3 Å². The smallest absolute Gasteiger partial charge is 0.244 e. The van der Waals surface area contributed by atoms with Crippen LogP contribution in [0.5, 0.6) is 0 Å². The van der Waals surface area contributed by atoms with E-state index in [1.807, 2.05) is 19.9 Å². The van der Waals surface area contributed by atoms with Crippen LogP contribution in [0, 0.1) is 12.8 Å². The highest BCUT2D eigenvalue weighted by Gasteiger charge is 2.35. The largest absolute Gasteiger partial charge is 0.467 e. The standard InChI is InChI=1S/C22H28N4O5S2/c1-14(2)21-23-20(24-31-21)18-12-19(15(3)32-18)33(28,29)26-9-7-16(8-10-26)22(27)25(4)13-17-6-5-11-30-17/h5-6,11-12,14,16H,7-10,13H2,1-4H3. The van der Waals surface area contributed by atoms with Crippen molar-refractivity contribution in [2.24, 2.45) is 5.92 Å². The second-order valence-corrected chi connectivity index (χ2v) is 11.8. The van der Waals surface area contributed by atoms with E-state index in [4.69, 9.17) is 8.94 Å². The summed E-state index contributed by atoms with van der Waals surface area (Å²) < 4.78 is 38.7. The van der Waals surface area contributed by atoms with E-state index < -0.39 is 10.0 Å². The number of furan rings is 1. The van der Waals surface area contributed by atoms with Crippen molar-refractivity contribution in [1.29, 1.82) is 0 Å². The summed E-state index contributed by atoms with van der Waals surface area (Å²) in [7, 11) is -1.94. The van der Waals surface area contributed by atoms with E-state index in [0.29, 0.717) is 53.9 Å². The molecule has 0 saturated carbocycles. The predicted octanol–water partition coefficient (Wildman–Crippen LogP) is 3.88. The van der Waals surface area contributed by atoms with E-state index in [9.17, 15) is 13.2 Å². The van der Waals surface area contributed by atoms with Gasteiger partial charge in [-0.15, -0.1) is 11.3 Å². The van der Waals surface area contributed by atoms with E-state index in [1.54, 1.807) is 37.3 Å². The molecule has 11 heteroatoms. The molecule has 9 nitrogen and oxygen atoms in total. The van der Waals surface area contributed by atoms with Crippen LogP contribution in [0.4, 0.5) is 0 Å². The maximum atomic E-state index is 13.3.